The van der Waals surface area contributed by atoms with Crippen LogP contribution in [0.25, 0.3) is 0 Å². The second kappa shape index (κ2) is 6.40. The number of hydrogen-bond acceptors (Lipinski definition) is 2. The van der Waals surface area contributed by atoms with Crippen LogP contribution in [-0.2, 0) is 11.3 Å². The summed E-state index contributed by atoms with van der Waals surface area (Å²) in [5.41, 5.74) is 2.31. The Morgan fingerprint density at radius 3 is 2.65 bits per heavy atom. The van der Waals surface area contributed by atoms with Crippen molar-refractivity contribution in [1.82, 2.24) is 10.2 Å². The van der Waals surface area contributed by atoms with Gasteiger partial charge in [0.2, 0.25) is 5.91 Å². The number of hydrogen-bond donors (Lipinski definition) is 1. The number of nitrogens with one attached hydrogen (secondary N) is 1. The largest absolute Gasteiger partial charge is 0.341 e. The van der Waals surface area contributed by atoms with Gasteiger partial charge in [-0.1, -0.05) is 36.8 Å². The molecule has 1 aromatic carbocycles. The zero-order valence-corrected chi connectivity index (χ0v) is 12.9. The predicted octanol–water partition coefficient (Wildman–Crippen LogP) is 2.73. The summed E-state index contributed by atoms with van der Waals surface area (Å²) < 4.78 is 0. The molecule has 1 aromatic rings. The normalized spacial score (nSPS) is 17.8. The van der Waals surface area contributed by atoms with Crippen LogP contribution >= 0.6 is 0 Å². The Bertz CT molecular complexity index is 464. The van der Waals surface area contributed by atoms with Crippen molar-refractivity contribution < 1.29 is 4.79 Å². The highest BCUT2D eigenvalue weighted by Crippen LogP contribution is 2.34. The Kier molecular flexibility index (Phi) is 4.81. The van der Waals surface area contributed by atoms with E-state index in [-0.39, 0.29) is 5.41 Å². The summed E-state index contributed by atoms with van der Waals surface area (Å²) in [4.78, 5) is 14.7. The monoisotopic (exact) mass is 274 g/mol. The smallest absolute Gasteiger partial charge is 0.228 e. The molecule has 0 unspecified atom stereocenters. The first-order valence-corrected chi connectivity index (χ1v) is 7.59. The minimum Gasteiger partial charge on any atom is -0.341 e. The number of piperidine rings is 1. The molecule has 2 rings (SSSR count). The van der Waals surface area contributed by atoms with E-state index in [1.54, 1.807) is 0 Å². The lowest BCUT2D eigenvalue weighted by atomic mass is 9.75. The molecule has 0 aromatic heterocycles. The van der Waals surface area contributed by atoms with E-state index >= 15 is 0 Å². The third-order valence-corrected chi connectivity index (χ3v) is 4.54. The van der Waals surface area contributed by atoms with Crippen LogP contribution in [0.1, 0.15) is 37.3 Å². The van der Waals surface area contributed by atoms with Gasteiger partial charge in [0.15, 0.2) is 0 Å². The molecule has 1 saturated heterocycles. The van der Waals surface area contributed by atoms with Crippen molar-refractivity contribution in [3.63, 3.8) is 0 Å². The minimum absolute atomic E-state index is 0.149. The Balaban J connectivity index is 2.07. The molecule has 0 saturated carbocycles. The SMILES string of the molecule is CCC1(C(=O)N(C)Cc2cccc(C)c2)CCNCC1. The van der Waals surface area contributed by atoms with Gasteiger partial charge in [-0.15, -0.1) is 0 Å². The van der Waals surface area contributed by atoms with Crippen molar-refractivity contribution in [3.05, 3.63) is 35.4 Å². The fourth-order valence-corrected chi connectivity index (χ4v) is 3.19. The summed E-state index contributed by atoms with van der Waals surface area (Å²) in [7, 11) is 1.93. The number of nitrogens with zero attached hydrogens (tertiary/aromatic N) is 1. The van der Waals surface area contributed by atoms with Crippen LogP contribution in [0.2, 0.25) is 0 Å². The molecule has 1 aliphatic heterocycles. The third kappa shape index (κ3) is 3.21. The summed E-state index contributed by atoms with van der Waals surface area (Å²) in [6.07, 6.45) is 2.85. The maximum Gasteiger partial charge on any atom is 0.228 e. The van der Waals surface area contributed by atoms with E-state index in [1.165, 1.54) is 11.1 Å². The standard InChI is InChI=1S/C17H26N2O/c1-4-17(8-10-18-11-9-17)16(20)19(3)13-15-7-5-6-14(2)12-15/h5-7,12,18H,4,8-11,13H2,1-3H3. The topological polar surface area (TPSA) is 32.3 Å². The summed E-state index contributed by atoms with van der Waals surface area (Å²) in [6, 6.07) is 8.40. The lowest BCUT2D eigenvalue weighted by Gasteiger charge is -2.38. The van der Waals surface area contributed by atoms with E-state index in [1.807, 2.05) is 11.9 Å². The number of amides is 1. The van der Waals surface area contributed by atoms with Crippen molar-refractivity contribution in [1.29, 1.82) is 0 Å². The third-order valence-electron chi connectivity index (χ3n) is 4.54. The van der Waals surface area contributed by atoms with Gasteiger partial charge in [0.05, 0.1) is 5.41 Å². The second-order valence-electron chi connectivity index (χ2n) is 6.03. The van der Waals surface area contributed by atoms with Crippen LogP contribution in [0.4, 0.5) is 0 Å². The summed E-state index contributed by atoms with van der Waals surface area (Å²) in [5.74, 6) is 0.308. The molecule has 3 heteroatoms. The number of carbonyl (C=O) groups is 1. The minimum atomic E-state index is -0.149. The van der Waals surface area contributed by atoms with E-state index in [4.69, 9.17) is 0 Å². The first kappa shape index (κ1) is 15.0. The van der Waals surface area contributed by atoms with Crippen LogP contribution in [0.15, 0.2) is 24.3 Å². The second-order valence-corrected chi connectivity index (χ2v) is 6.03. The van der Waals surface area contributed by atoms with Gasteiger partial charge in [-0.05, 0) is 44.8 Å². The number of aryl methyl sites for hydroxylation is 1. The Labute approximate surface area is 122 Å². The van der Waals surface area contributed by atoms with Gasteiger partial charge in [0.25, 0.3) is 0 Å². The zero-order chi connectivity index (χ0) is 14.6. The van der Waals surface area contributed by atoms with Crippen molar-refractivity contribution in [3.8, 4) is 0 Å². The summed E-state index contributed by atoms with van der Waals surface area (Å²) in [5, 5.41) is 3.35. The average molecular weight is 274 g/mol. The van der Waals surface area contributed by atoms with Gasteiger partial charge in [0, 0.05) is 13.6 Å². The zero-order valence-electron chi connectivity index (χ0n) is 12.9. The molecule has 0 radical (unpaired) electrons. The van der Waals surface area contributed by atoms with Crippen LogP contribution < -0.4 is 5.32 Å². The first-order valence-electron chi connectivity index (χ1n) is 7.59. The highest BCUT2D eigenvalue weighted by atomic mass is 16.2. The molecule has 0 aliphatic carbocycles. The van der Waals surface area contributed by atoms with Crippen LogP contribution in [-0.4, -0.2) is 30.9 Å². The predicted molar refractivity (Wildman–Crippen MR) is 82.5 cm³/mol. The van der Waals surface area contributed by atoms with E-state index in [9.17, 15) is 4.79 Å². The molecule has 1 N–H and O–H groups in total. The average Bonchev–Trinajstić information content (AvgIpc) is 2.47. The van der Waals surface area contributed by atoms with Crippen molar-refractivity contribution in [2.45, 2.75) is 39.7 Å². The number of carbonyl (C=O) groups excluding carboxylic acids is 1. The van der Waals surface area contributed by atoms with E-state index < -0.39 is 0 Å². The molecule has 1 heterocycles. The van der Waals surface area contributed by atoms with Gasteiger partial charge >= 0.3 is 0 Å². The van der Waals surface area contributed by atoms with Gasteiger partial charge in [0.1, 0.15) is 0 Å². The fraction of sp³-hybridized carbons (Fsp3) is 0.588. The highest BCUT2D eigenvalue weighted by Gasteiger charge is 2.39. The molecular weight excluding hydrogens is 248 g/mol. The van der Waals surface area contributed by atoms with Crippen molar-refractivity contribution >= 4 is 5.91 Å². The molecule has 0 atom stereocenters. The molecule has 1 amide bonds. The Hall–Kier alpha value is -1.35. The molecule has 1 fully saturated rings. The van der Waals surface area contributed by atoms with E-state index in [0.717, 1.165) is 32.4 Å². The maximum atomic E-state index is 12.8. The van der Waals surface area contributed by atoms with Gasteiger partial charge in [-0.3, -0.25) is 4.79 Å². The van der Waals surface area contributed by atoms with Crippen molar-refractivity contribution in [2.75, 3.05) is 20.1 Å². The molecule has 20 heavy (non-hydrogen) atoms. The highest BCUT2D eigenvalue weighted by molar-refractivity contribution is 5.82. The van der Waals surface area contributed by atoms with Gasteiger partial charge in [-0.2, -0.15) is 0 Å². The van der Waals surface area contributed by atoms with Crippen LogP contribution in [0.3, 0.4) is 0 Å². The number of rotatable bonds is 4. The Morgan fingerprint density at radius 1 is 1.35 bits per heavy atom. The lowest BCUT2D eigenvalue weighted by molar-refractivity contribution is -0.143. The van der Waals surface area contributed by atoms with Gasteiger partial charge in [-0.25, -0.2) is 0 Å². The van der Waals surface area contributed by atoms with Crippen LogP contribution in [0, 0.1) is 12.3 Å². The van der Waals surface area contributed by atoms with E-state index in [2.05, 4.69) is 43.4 Å². The number of benzene rings is 1. The molecular formula is C17H26N2O. The fourth-order valence-electron chi connectivity index (χ4n) is 3.19. The quantitative estimate of drug-likeness (QED) is 0.915. The molecule has 3 nitrogen and oxygen atoms in total. The molecule has 0 bridgehead atoms. The molecule has 110 valence electrons. The first-order chi connectivity index (χ1) is 9.57. The Morgan fingerprint density at radius 2 is 2.05 bits per heavy atom. The van der Waals surface area contributed by atoms with Gasteiger partial charge < -0.3 is 10.2 Å². The molecule has 1 aliphatic rings. The maximum absolute atomic E-state index is 12.8. The molecule has 0 spiro atoms. The van der Waals surface area contributed by atoms with Crippen molar-refractivity contribution in [2.24, 2.45) is 5.41 Å². The summed E-state index contributed by atoms with van der Waals surface area (Å²) in [6.45, 7) is 6.85. The lowest BCUT2D eigenvalue weighted by Crippen LogP contribution is -2.47. The van der Waals surface area contributed by atoms with Crippen LogP contribution in [0.5, 0.6) is 0 Å². The van der Waals surface area contributed by atoms with E-state index in [0.29, 0.717) is 12.5 Å². The summed E-state index contributed by atoms with van der Waals surface area (Å²) >= 11 is 0.